The van der Waals surface area contributed by atoms with Gasteiger partial charge in [0, 0.05) is 9.64 Å². The van der Waals surface area contributed by atoms with Gasteiger partial charge in [0.25, 0.3) is 0 Å². The fourth-order valence-electron chi connectivity index (χ4n) is 1.19. The number of thioether (sulfide) groups is 1. The zero-order valence-electron chi connectivity index (χ0n) is 9.54. The van der Waals surface area contributed by atoms with Crippen LogP contribution in [0.15, 0.2) is 23.1 Å². The molecule has 1 aromatic rings. The smallest absolute Gasteiger partial charge is 0.0762 e. The first-order valence-corrected chi connectivity index (χ1v) is 6.15. The first-order valence-electron chi connectivity index (χ1n) is 4.96. The zero-order chi connectivity index (χ0) is 11.6. The second-order valence-electron chi connectivity index (χ2n) is 4.58. The molecule has 0 saturated carbocycles. The van der Waals surface area contributed by atoms with Crippen LogP contribution in [0.4, 0.5) is 0 Å². The van der Waals surface area contributed by atoms with E-state index in [1.807, 2.05) is 18.2 Å². The highest BCUT2D eigenvalue weighted by Gasteiger charge is 2.15. The van der Waals surface area contributed by atoms with E-state index in [1.165, 1.54) is 0 Å². The van der Waals surface area contributed by atoms with Gasteiger partial charge < -0.3 is 5.11 Å². The molecule has 15 heavy (non-hydrogen) atoms. The summed E-state index contributed by atoms with van der Waals surface area (Å²) in [5.74, 6) is 0. The van der Waals surface area contributed by atoms with Crippen molar-refractivity contribution in [3.05, 3.63) is 28.8 Å². The largest absolute Gasteiger partial charge is 0.389 e. The van der Waals surface area contributed by atoms with Crippen molar-refractivity contribution < 1.29 is 5.11 Å². The maximum Gasteiger partial charge on any atom is 0.0762 e. The van der Waals surface area contributed by atoms with Crippen molar-refractivity contribution in [3.8, 4) is 0 Å². The summed E-state index contributed by atoms with van der Waals surface area (Å²) in [6.07, 6.45) is -0.462. The summed E-state index contributed by atoms with van der Waals surface area (Å²) in [6.45, 7) is 8.19. The lowest BCUT2D eigenvalue weighted by Gasteiger charge is -2.19. The van der Waals surface area contributed by atoms with Crippen LogP contribution in [-0.4, -0.2) is 9.85 Å². The van der Waals surface area contributed by atoms with E-state index in [9.17, 15) is 5.11 Å². The molecule has 1 rings (SSSR count). The lowest BCUT2D eigenvalue weighted by Crippen LogP contribution is -2.06. The van der Waals surface area contributed by atoms with Gasteiger partial charge in [0.15, 0.2) is 0 Å². The minimum atomic E-state index is -0.462. The lowest BCUT2D eigenvalue weighted by molar-refractivity contribution is 0.199. The van der Waals surface area contributed by atoms with Crippen LogP contribution in [0, 0.1) is 0 Å². The zero-order valence-corrected chi connectivity index (χ0v) is 11.1. The molecule has 1 aromatic carbocycles. The molecule has 1 nitrogen and oxygen atoms in total. The minimum Gasteiger partial charge on any atom is -0.389 e. The summed E-state index contributed by atoms with van der Waals surface area (Å²) in [5.41, 5.74) is 0.859. The van der Waals surface area contributed by atoms with E-state index < -0.39 is 6.10 Å². The van der Waals surface area contributed by atoms with Crippen molar-refractivity contribution in [2.75, 3.05) is 0 Å². The third-order valence-electron chi connectivity index (χ3n) is 1.85. The minimum absolute atomic E-state index is 0.149. The topological polar surface area (TPSA) is 20.2 Å². The Labute approximate surface area is 101 Å². The Bertz CT molecular complexity index is 342. The normalized spacial score (nSPS) is 14.0. The van der Waals surface area contributed by atoms with E-state index >= 15 is 0 Å². The van der Waals surface area contributed by atoms with Gasteiger partial charge >= 0.3 is 0 Å². The summed E-state index contributed by atoms with van der Waals surface area (Å²) in [4.78, 5) is 1.06. The van der Waals surface area contributed by atoms with Crippen LogP contribution >= 0.6 is 23.4 Å². The van der Waals surface area contributed by atoms with Gasteiger partial charge in [0.2, 0.25) is 0 Å². The van der Waals surface area contributed by atoms with Gasteiger partial charge in [-0.1, -0.05) is 38.4 Å². The second-order valence-corrected chi connectivity index (χ2v) is 6.86. The average molecular weight is 245 g/mol. The van der Waals surface area contributed by atoms with E-state index in [1.54, 1.807) is 18.7 Å². The van der Waals surface area contributed by atoms with E-state index in [4.69, 9.17) is 11.6 Å². The van der Waals surface area contributed by atoms with Crippen LogP contribution < -0.4 is 0 Å². The molecule has 0 bridgehead atoms. The monoisotopic (exact) mass is 244 g/mol. The van der Waals surface area contributed by atoms with Crippen LogP contribution in [0.1, 0.15) is 39.4 Å². The molecule has 0 spiro atoms. The van der Waals surface area contributed by atoms with Crippen LogP contribution in [0.3, 0.4) is 0 Å². The van der Waals surface area contributed by atoms with E-state index in [0.29, 0.717) is 5.02 Å². The van der Waals surface area contributed by atoms with E-state index in [2.05, 4.69) is 20.8 Å². The summed E-state index contributed by atoms with van der Waals surface area (Å²) < 4.78 is 0.149. The molecule has 3 heteroatoms. The van der Waals surface area contributed by atoms with Gasteiger partial charge in [0.1, 0.15) is 0 Å². The highest BCUT2D eigenvalue weighted by molar-refractivity contribution is 8.00. The van der Waals surface area contributed by atoms with Crippen molar-refractivity contribution in [2.24, 2.45) is 0 Å². The van der Waals surface area contributed by atoms with Crippen LogP contribution in [0.5, 0.6) is 0 Å². The summed E-state index contributed by atoms with van der Waals surface area (Å²) in [5, 5.41) is 10.1. The number of halogens is 1. The predicted octanol–water partition coefficient (Wildman–Crippen LogP) is 4.28. The summed E-state index contributed by atoms with van der Waals surface area (Å²) >= 11 is 7.88. The Morgan fingerprint density at radius 1 is 1.33 bits per heavy atom. The van der Waals surface area contributed by atoms with Gasteiger partial charge in [-0.3, -0.25) is 0 Å². The van der Waals surface area contributed by atoms with Gasteiger partial charge in [-0.2, -0.15) is 0 Å². The quantitative estimate of drug-likeness (QED) is 0.784. The molecule has 1 atom stereocenters. The molecule has 0 amide bonds. The molecule has 0 aromatic heterocycles. The molecule has 0 aliphatic heterocycles. The SMILES string of the molecule is CC(O)c1ccc(SC(C)(C)C)c(Cl)c1. The van der Waals surface area contributed by atoms with Crippen molar-refractivity contribution in [1.82, 2.24) is 0 Å². The molecule has 0 saturated heterocycles. The number of hydrogen-bond donors (Lipinski definition) is 1. The maximum absolute atomic E-state index is 9.41. The van der Waals surface area contributed by atoms with Crippen LogP contribution in [0.2, 0.25) is 5.02 Å². The third-order valence-corrected chi connectivity index (χ3v) is 3.47. The van der Waals surface area contributed by atoms with Gasteiger partial charge in [-0.25, -0.2) is 0 Å². The lowest BCUT2D eigenvalue weighted by atomic mass is 10.1. The van der Waals surface area contributed by atoms with E-state index in [0.717, 1.165) is 10.5 Å². The van der Waals surface area contributed by atoms with Crippen molar-refractivity contribution in [2.45, 2.75) is 43.4 Å². The van der Waals surface area contributed by atoms with Crippen molar-refractivity contribution in [3.63, 3.8) is 0 Å². The molecule has 0 aliphatic carbocycles. The Balaban J connectivity index is 2.94. The third kappa shape index (κ3) is 4.06. The number of benzene rings is 1. The first-order chi connectivity index (χ1) is 6.79. The molecule has 1 unspecified atom stereocenters. The van der Waals surface area contributed by atoms with Crippen LogP contribution in [0.25, 0.3) is 0 Å². The average Bonchev–Trinajstić information content (AvgIpc) is 2.05. The maximum atomic E-state index is 9.41. The number of rotatable bonds is 2. The molecular formula is C12H17ClOS. The summed E-state index contributed by atoms with van der Waals surface area (Å²) in [6, 6.07) is 5.73. The molecular weight excluding hydrogens is 228 g/mol. The van der Waals surface area contributed by atoms with Crippen molar-refractivity contribution >= 4 is 23.4 Å². The number of hydrogen-bond acceptors (Lipinski definition) is 2. The fourth-order valence-corrected chi connectivity index (χ4v) is 2.45. The molecule has 0 heterocycles. The van der Waals surface area contributed by atoms with Crippen molar-refractivity contribution in [1.29, 1.82) is 0 Å². The van der Waals surface area contributed by atoms with Crippen LogP contribution in [-0.2, 0) is 0 Å². The Hall–Kier alpha value is -0.180. The fraction of sp³-hybridized carbons (Fsp3) is 0.500. The molecule has 0 aliphatic rings. The first kappa shape index (κ1) is 12.9. The Morgan fingerprint density at radius 3 is 2.33 bits per heavy atom. The van der Waals surface area contributed by atoms with E-state index in [-0.39, 0.29) is 4.75 Å². The van der Waals surface area contributed by atoms with Gasteiger partial charge in [-0.05, 0) is 24.6 Å². The Morgan fingerprint density at radius 2 is 1.93 bits per heavy atom. The highest BCUT2D eigenvalue weighted by atomic mass is 35.5. The molecule has 0 radical (unpaired) electrons. The predicted molar refractivity (Wildman–Crippen MR) is 67.7 cm³/mol. The highest BCUT2D eigenvalue weighted by Crippen LogP contribution is 2.37. The molecule has 1 N–H and O–H groups in total. The number of aliphatic hydroxyl groups excluding tert-OH is 1. The second kappa shape index (κ2) is 4.77. The van der Waals surface area contributed by atoms with Gasteiger partial charge in [-0.15, -0.1) is 11.8 Å². The number of aliphatic hydroxyl groups is 1. The Kier molecular flexibility index (Phi) is 4.10. The molecule has 84 valence electrons. The molecule has 0 fully saturated rings. The summed E-state index contributed by atoms with van der Waals surface area (Å²) in [7, 11) is 0. The van der Waals surface area contributed by atoms with Gasteiger partial charge in [0.05, 0.1) is 11.1 Å². The standard InChI is InChI=1S/C12H17ClOS/c1-8(14)9-5-6-11(10(13)7-9)15-12(2,3)4/h5-8,14H,1-4H3.